The third-order valence-electron chi connectivity index (χ3n) is 1.84. The molecule has 5 heteroatoms. The van der Waals surface area contributed by atoms with E-state index in [2.05, 4.69) is 0 Å². The number of likely N-dealkylation sites (tertiary alicyclic amines) is 1. The van der Waals surface area contributed by atoms with Crippen molar-refractivity contribution in [3.05, 3.63) is 0 Å². The third-order valence-corrected chi connectivity index (χ3v) is 1.84. The fourth-order valence-corrected chi connectivity index (χ4v) is 1.28. The Balaban J connectivity index is 2.45. The molecule has 0 amide bonds. The summed E-state index contributed by atoms with van der Waals surface area (Å²) in [6, 6.07) is 0. The molecule has 0 saturated carbocycles. The maximum Gasteiger partial charge on any atom is 0.405 e. The Morgan fingerprint density at radius 3 is 2.50 bits per heavy atom. The van der Waals surface area contributed by atoms with E-state index in [1.807, 2.05) is 0 Å². The summed E-state index contributed by atoms with van der Waals surface area (Å²) in [5.74, 6) is 0.124. The molecule has 0 aromatic heterocycles. The third kappa shape index (κ3) is 2.71. The molecule has 1 aliphatic heterocycles. The van der Waals surface area contributed by atoms with Gasteiger partial charge in [-0.1, -0.05) is 0 Å². The monoisotopic (exact) mass is 180 g/mol. The van der Waals surface area contributed by atoms with Gasteiger partial charge in [-0.15, -0.1) is 0 Å². The number of hydrogen-bond donors (Lipinski definition) is 1. The molecular weight excluding hydrogens is 169 g/mol. The highest BCUT2D eigenvalue weighted by Gasteiger charge is 2.32. The number of alkyl halides is 3. The predicted molar refractivity (Wildman–Crippen MR) is 39.2 cm³/mol. The average molecular weight is 180 g/mol. The number of hydrogen-bond acceptors (Lipinski definition) is 1. The maximum atomic E-state index is 11.9. The lowest BCUT2D eigenvalue weighted by Gasteiger charge is -2.29. The highest BCUT2D eigenvalue weighted by Crippen LogP contribution is 2.20. The first kappa shape index (κ1) is 9.35. The van der Waals surface area contributed by atoms with E-state index in [4.69, 9.17) is 5.41 Å². The molecule has 1 aliphatic rings. The van der Waals surface area contributed by atoms with E-state index in [1.54, 1.807) is 0 Å². The van der Waals surface area contributed by atoms with Gasteiger partial charge >= 0.3 is 6.18 Å². The molecule has 1 N–H and O–H groups in total. The van der Waals surface area contributed by atoms with Crippen molar-refractivity contribution < 1.29 is 13.2 Å². The van der Waals surface area contributed by atoms with Gasteiger partial charge in [-0.3, -0.25) is 5.41 Å². The van der Waals surface area contributed by atoms with E-state index >= 15 is 0 Å². The summed E-state index contributed by atoms with van der Waals surface area (Å²) >= 11 is 0. The van der Waals surface area contributed by atoms with Gasteiger partial charge in [0.15, 0.2) is 0 Å². The smallest absolute Gasteiger partial charge is 0.351 e. The number of amidine groups is 1. The van der Waals surface area contributed by atoms with Crippen LogP contribution < -0.4 is 0 Å². The maximum absolute atomic E-state index is 11.9. The van der Waals surface area contributed by atoms with Gasteiger partial charge in [-0.05, 0) is 12.8 Å². The summed E-state index contributed by atoms with van der Waals surface area (Å²) < 4.78 is 35.6. The fourth-order valence-electron chi connectivity index (χ4n) is 1.28. The zero-order valence-corrected chi connectivity index (χ0v) is 6.62. The standard InChI is InChI=1S/C7H11F3N2/c8-7(9,10)5-12-4-2-1-3-6(12)11/h11H,1-5H2. The summed E-state index contributed by atoms with van der Waals surface area (Å²) in [6.45, 7) is -0.593. The van der Waals surface area contributed by atoms with Crippen LogP contribution in [0.3, 0.4) is 0 Å². The molecule has 1 heterocycles. The van der Waals surface area contributed by atoms with Crippen LogP contribution in [0.5, 0.6) is 0 Å². The Morgan fingerprint density at radius 2 is 2.00 bits per heavy atom. The van der Waals surface area contributed by atoms with Crippen LogP contribution in [-0.2, 0) is 0 Å². The van der Waals surface area contributed by atoms with Crippen LogP contribution in [0.15, 0.2) is 0 Å². The number of rotatable bonds is 1. The molecule has 12 heavy (non-hydrogen) atoms. The van der Waals surface area contributed by atoms with Crippen LogP contribution in [-0.4, -0.2) is 30.0 Å². The van der Waals surface area contributed by atoms with Crippen molar-refractivity contribution in [3.8, 4) is 0 Å². The van der Waals surface area contributed by atoms with Crippen molar-refractivity contribution in [1.82, 2.24) is 4.90 Å². The van der Waals surface area contributed by atoms with E-state index in [9.17, 15) is 13.2 Å². The van der Waals surface area contributed by atoms with Crippen molar-refractivity contribution >= 4 is 5.84 Å². The number of nitrogens with one attached hydrogen (secondary N) is 1. The lowest BCUT2D eigenvalue weighted by Crippen LogP contribution is -2.41. The molecule has 0 aromatic carbocycles. The first-order chi connectivity index (χ1) is 5.49. The highest BCUT2D eigenvalue weighted by atomic mass is 19.4. The zero-order valence-electron chi connectivity index (χ0n) is 6.62. The minimum Gasteiger partial charge on any atom is -0.351 e. The van der Waals surface area contributed by atoms with Gasteiger partial charge in [0.25, 0.3) is 0 Å². The second kappa shape index (κ2) is 3.33. The quantitative estimate of drug-likeness (QED) is 0.656. The lowest BCUT2D eigenvalue weighted by molar-refractivity contribution is -0.138. The zero-order chi connectivity index (χ0) is 9.19. The largest absolute Gasteiger partial charge is 0.405 e. The van der Waals surface area contributed by atoms with Crippen molar-refractivity contribution in [3.63, 3.8) is 0 Å². The molecule has 0 bridgehead atoms. The van der Waals surface area contributed by atoms with Crippen LogP contribution in [0.1, 0.15) is 19.3 Å². The van der Waals surface area contributed by atoms with Gasteiger partial charge in [-0.2, -0.15) is 13.2 Å². The molecule has 0 aliphatic carbocycles. The second-order valence-electron chi connectivity index (χ2n) is 2.94. The molecule has 0 radical (unpaired) electrons. The first-order valence-corrected chi connectivity index (χ1v) is 3.88. The minimum absolute atomic E-state index is 0.124. The van der Waals surface area contributed by atoms with E-state index in [0.717, 1.165) is 17.7 Å². The first-order valence-electron chi connectivity index (χ1n) is 3.88. The molecule has 0 spiro atoms. The fraction of sp³-hybridized carbons (Fsp3) is 0.857. The summed E-state index contributed by atoms with van der Waals surface area (Å²) in [7, 11) is 0. The van der Waals surface area contributed by atoms with Gasteiger partial charge in [0, 0.05) is 13.0 Å². The van der Waals surface area contributed by atoms with E-state index in [0.29, 0.717) is 13.0 Å². The number of halogens is 3. The van der Waals surface area contributed by atoms with E-state index in [1.165, 1.54) is 0 Å². The SMILES string of the molecule is N=C1CCCCN1CC(F)(F)F. The highest BCUT2D eigenvalue weighted by molar-refractivity contribution is 5.79. The van der Waals surface area contributed by atoms with Crippen molar-refractivity contribution in [1.29, 1.82) is 5.41 Å². The summed E-state index contributed by atoms with van der Waals surface area (Å²) in [6.07, 6.45) is -2.09. The van der Waals surface area contributed by atoms with Crippen LogP contribution in [0, 0.1) is 5.41 Å². The molecule has 2 nitrogen and oxygen atoms in total. The molecular formula is C7H11F3N2. The van der Waals surface area contributed by atoms with Crippen molar-refractivity contribution in [2.24, 2.45) is 0 Å². The van der Waals surface area contributed by atoms with Crippen LogP contribution in [0.4, 0.5) is 13.2 Å². The van der Waals surface area contributed by atoms with Crippen LogP contribution >= 0.6 is 0 Å². The Morgan fingerprint density at radius 1 is 1.33 bits per heavy atom. The molecule has 1 fully saturated rings. The van der Waals surface area contributed by atoms with E-state index < -0.39 is 12.7 Å². The Bertz CT molecular complexity index is 176. The van der Waals surface area contributed by atoms with Crippen LogP contribution in [0.2, 0.25) is 0 Å². The van der Waals surface area contributed by atoms with Gasteiger partial charge in [-0.25, -0.2) is 0 Å². The van der Waals surface area contributed by atoms with Crippen molar-refractivity contribution in [2.75, 3.05) is 13.1 Å². The molecule has 1 rings (SSSR count). The summed E-state index contributed by atoms with van der Waals surface area (Å²) in [5, 5.41) is 7.25. The molecule has 0 aromatic rings. The van der Waals surface area contributed by atoms with Gasteiger partial charge in [0.05, 0.1) is 5.84 Å². The van der Waals surface area contributed by atoms with Gasteiger partial charge < -0.3 is 4.90 Å². The average Bonchev–Trinajstić information content (AvgIpc) is 1.91. The molecule has 70 valence electrons. The molecule has 1 saturated heterocycles. The number of piperidine rings is 1. The Hall–Kier alpha value is -0.740. The molecule has 0 atom stereocenters. The predicted octanol–water partition coefficient (Wildman–Crippen LogP) is 2.01. The second-order valence-corrected chi connectivity index (χ2v) is 2.94. The Kier molecular flexibility index (Phi) is 2.59. The topological polar surface area (TPSA) is 27.1 Å². The minimum atomic E-state index is -4.18. The van der Waals surface area contributed by atoms with Gasteiger partial charge in [0.1, 0.15) is 6.54 Å². The Labute approximate surface area is 68.9 Å². The number of nitrogens with zero attached hydrogens (tertiary/aromatic N) is 1. The van der Waals surface area contributed by atoms with Crippen LogP contribution in [0.25, 0.3) is 0 Å². The van der Waals surface area contributed by atoms with Gasteiger partial charge in [0.2, 0.25) is 0 Å². The summed E-state index contributed by atoms with van der Waals surface area (Å²) in [5.41, 5.74) is 0. The summed E-state index contributed by atoms with van der Waals surface area (Å²) in [4.78, 5) is 1.10. The van der Waals surface area contributed by atoms with E-state index in [-0.39, 0.29) is 5.84 Å². The molecule has 0 unspecified atom stereocenters. The lowest BCUT2D eigenvalue weighted by atomic mass is 10.1. The van der Waals surface area contributed by atoms with Crippen molar-refractivity contribution in [2.45, 2.75) is 25.4 Å². The normalized spacial score (nSPS) is 19.9.